The van der Waals surface area contributed by atoms with Crippen molar-refractivity contribution >= 4 is 40.1 Å². The molecule has 0 aliphatic carbocycles. The number of hydrogen-bond acceptors (Lipinski definition) is 5. The van der Waals surface area contributed by atoms with Crippen LogP contribution in [0.15, 0.2) is 71.7 Å². The first kappa shape index (κ1) is 18.9. The van der Waals surface area contributed by atoms with E-state index in [0.29, 0.717) is 34.2 Å². The van der Waals surface area contributed by atoms with Crippen LogP contribution in [0.2, 0.25) is 0 Å². The van der Waals surface area contributed by atoms with E-state index in [-0.39, 0.29) is 11.5 Å². The van der Waals surface area contributed by atoms with Gasteiger partial charge in [0, 0.05) is 10.6 Å². The van der Waals surface area contributed by atoms with Crippen molar-refractivity contribution in [1.29, 1.82) is 0 Å². The first-order valence-electron chi connectivity index (χ1n) is 9.01. The summed E-state index contributed by atoms with van der Waals surface area (Å²) in [4.78, 5) is 28.2. The smallest absolute Gasteiger partial charge is 0.282 e. The largest absolute Gasteiger partial charge is 0.494 e. The quantitative estimate of drug-likeness (QED) is 0.602. The van der Waals surface area contributed by atoms with Crippen molar-refractivity contribution in [2.24, 2.45) is 0 Å². The minimum Gasteiger partial charge on any atom is -0.494 e. The van der Waals surface area contributed by atoms with E-state index in [0.717, 1.165) is 4.90 Å². The van der Waals surface area contributed by atoms with Crippen LogP contribution in [0.5, 0.6) is 5.75 Å². The third kappa shape index (κ3) is 3.64. The van der Waals surface area contributed by atoms with Gasteiger partial charge in [-0.05, 0) is 66.9 Å². The summed E-state index contributed by atoms with van der Waals surface area (Å²) in [6, 6.07) is 16.0. The fraction of sp³-hybridized carbons (Fsp3) is 0.0909. The van der Waals surface area contributed by atoms with E-state index in [9.17, 15) is 14.0 Å². The van der Waals surface area contributed by atoms with Crippen molar-refractivity contribution in [2.45, 2.75) is 6.92 Å². The average Bonchev–Trinajstić information content (AvgIpc) is 3.32. The summed E-state index contributed by atoms with van der Waals surface area (Å²) >= 11 is 1.37. The number of carbonyl (C=O) groups is 2. The molecule has 4 rings (SSSR count). The Bertz CT molecular complexity index is 1070. The van der Waals surface area contributed by atoms with Gasteiger partial charge in [-0.25, -0.2) is 9.29 Å². The van der Waals surface area contributed by atoms with Crippen LogP contribution in [0.3, 0.4) is 0 Å². The average molecular weight is 408 g/mol. The molecule has 2 heterocycles. The number of rotatable bonds is 6. The van der Waals surface area contributed by atoms with E-state index in [1.54, 1.807) is 30.3 Å². The predicted molar refractivity (Wildman–Crippen MR) is 111 cm³/mol. The maximum absolute atomic E-state index is 13.2. The lowest BCUT2D eigenvalue weighted by Gasteiger charge is -2.16. The van der Waals surface area contributed by atoms with Gasteiger partial charge in [0.15, 0.2) is 0 Å². The Hall–Kier alpha value is -3.45. The number of imide groups is 1. The molecule has 2 aromatic carbocycles. The number of benzene rings is 2. The Balaban J connectivity index is 1.72. The Labute approximate surface area is 171 Å². The molecule has 0 radical (unpaired) electrons. The summed E-state index contributed by atoms with van der Waals surface area (Å²) < 4.78 is 18.7. The molecule has 3 aromatic rings. The number of carbonyl (C=O) groups excluding carboxylic acids is 2. The van der Waals surface area contributed by atoms with Crippen LogP contribution in [-0.2, 0) is 9.59 Å². The van der Waals surface area contributed by atoms with Crippen LogP contribution >= 0.6 is 11.3 Å². The van der Waals surface area contributed by atoms with E-state index >= 15 is 0 Å². The number of hydrogen-bond donors (Lipinski definition) is 1. The first-order chi connectivity index (χ1) is 14.1. The first-order valence-corrected chi connectivity index (χ1v) is 9.89. The summed E-state index contributed by atoms with van der Waals surface area (Å²) in [5, 5.41) is 4.84. The van der Waals surface area contributed by atoms with Crippen molar-refractivity contribution in [1.82, 2.24) is 0 Å². The molecule has 0 fully saturated rings. The van der Waals surface area contributed by atoms with Crippen LogP contribution in [-0.4, -0.2) is 18.4 Å². The van der Waals surface area contributed by atoms with Gasteiger partial charge < -0.3 is 10.1 Å². The summed E-state index contributed by atoms with van der Waals surface area (Å²) in [6.45, 7) is 2.41. The molecule has 0 saturated carbocycles. The number of halogens is 1. The minimum atomic E-state index is -0.466. The van der Waals surface area contributed by atoms with Crippen LogP contribution in [0.4, 0.5) is 15.8 Å². The van der Waals surface area contributed by atoms with Gasteiger partial charge in [0.1, 0.15) is 17.3 Å². The number of ether oxygens (including phenoxy) is 1. The zero-order chi connectivity index (χ0) is 20.4. The van der Waals surface area contributed by atoms with Crippen LogP contribution in [0.25, 0.3) is 5.57 Å². The number of anilines is 2. The van der Waals surface area contributed by atoms with Gasteiger partial charge in [0.05, 0.1) is 17.9 Å². The SMILES string of the molecule is CCOc1ccc(N2C(=O)C(Nc3ccc(F)cc3)=C(c3cccs3)C2=O)cc1. The van der Waals surface area contributed by atoms with Gasteiger partial charge in [-0.15, -0.1) is 11.3 Å². The molecule has 0 unspecified atom stereocenters. The topological polar surface area (TPSA) is 58.6 Å². The van der Waals surface area contributed by atoms with Crippen molar-refractivity contribution in [3.63, 3.8) is 0 Å². The molecule has 29 heavy (non-hydrogen) atoms. The number of nitrogens with zero attached hydrogens (tertiary/aromatic N) is 1. The second-order valence-corrected chi connectivity index (χ2v) is 7.18. The van der Waals surface area contributed by atoms with Crippen LogP contribution < -0.4 is 15.0 Å². The van der Waals surface area contributed by atoms with Gasteiger partial charge in [0.2, 0.25) is 0 Å². The molecule has 1 aromatic heterocycles. The molecule has 0 bridgehead atoms. The monoisotopic (exact) mass is 408 g/mol. The van der Waals surface area contributed by atoms with Crippen LogP contribution in [0.1, 0.15) is 11.8 Å². The highest BCUT2D eigenvalue weighted by molar-refractivity contribution is 7.11. The highest BCUT2D eigenvalue weighted by atomic mass is 32.1. The fourth-order valence-corrected chi connectivity index (χ4v) is 3.83. The second kappa shape index (κ2) is 7.89. The van der Waals surface area contributed by atoms with Gasteiger partial charge in [0.25, 0.3) is 11.8 Å². The molecule has 146 valence electrons. The molecule has 7 heteroatoms. The van der Waals surface area contributed by atoms with E-state index in [4.69, 9.17) is 4.74 Å². The predicted octanol–water partition coefficient (Wildman–Crippen LogP) is 4.68. The molecule has 1 aliphatic heterocycles. The Morgan fingerprint density at radius 1 is 1.00 bits per heavy atom. The van der Waals surface area contributed by atoms with Crippen molar-refractivity contribution in [3.05, 3.63) is 82.4 Å². The summed E-state index contributed by atoms with van der Waals surface area (Å²) in [6.07, 6.45) is 0. The van der Waals surface area contributed by atoms with Gasteiger partial charge in [-0.2, -0.15) is 0 Å². The molecule has 0 spiro atoms. The molecule has 0 atom stereocenters. The fourth-order valence-electron chi connectivity index (χ4n) is 3.07. The van der Waals surface area contributed by atoms with Gasteiger partial charge >= 0.3 is 0 Å². The molecule has 5 nitrogen and oxygen atoms in total. The molecular weight excluding hydrogens is 391 g/mol. The minimum absolute atomic E-state index is 0.165. The summed E-state index contributed by atoms with van der Waals surface area (Å²) in [7, 11) is 0. The molecule has 2 amide bonds. The Kier molecular flexibility index (Phi) is 5.14. The summed E-state index contributed by atoms with van der Waals surface area (Å²) in [5.74, 6) is -0.600. The Morgan fingerprint density at radius 2 is 1.72 bits per heavy atom. The maximum atomic E-state index is 13.2. The Morgan fingerprint density at radius 3 is 2.34 bits per heavy atom. The van der Waals surface area contributed by atoms with E-state index in [1.165, 1.54) is 35.6 Å². The normalized spacial score (nSPS) is 13.9. The second-order valence-electron chi connectivity index (χ2n) is 6.23. The number of nitrogens with one attached hydrogen (secondary N) is 1. The third-order valence-electron chi connectivity index (χ3n) is 4.37. The van der Waals surface area contributed by atoms with Crippen molar-refractivity contribution in [2.75, 3.05) is 16.8 Å². The summed E-state index contributed by atoms with van der Waals surface area (Å²) in [5.41, 5.74) is 1.43. The van der Waals surface area contributed by atoms with Crippen molar-refractivity contribution in [3.8, 4) is 5.75 Å². The molecule has 0 saturated heterocycles. The van der Waals surface area contributed by atoms with Gasteiger partial charge in [-0.1, -0.05) is 6.07 Å². The highest BCUT2D eigenvalue weighted by Gasteiger charge is 2.40. The highest BCUT2D eigenvalue weighted by Crippen LogP contribution is 2.36. The number of amides is 2. The number of thiophene rings is 1. The lowest BCUT2D eigenvalue weighted by atomic mass is 10.2. The van der Waals surface area contributed by atoms with E-state index in [2.05, 4.69) is 5.32 Å². The third-order valence-corrected chi connectivity index (χ3v) is 5.26. The van der Waals surface area contributed by atoms with E-state index < -0.39 is 11.8 Å². The standard InChI is InChI=1S/C22H17FN2O3S/c1-2-28-17-11-9-16(10-12-17)25-21(26)19(18-4-3-13-29-18)20(22(25)27)24-15-7-5-14(23)6-8-15/h3-13,24H,2H2,1H3. The van der Waals surface area contributed by atoms with Crippen LogP contribution in [0, 0.1) is 5.82 Å². The lowest BCUT2D eigenvalue weighted by Crippen LogP contribution is -2.32. The lowest BCUT2D eigenvalue weighted by molar-refractivity contribution is -0.120. The zero-order valence-electron chi connectivity index (χ0n) is 15.5. The molecule has 1 aliphatic rings. The van der Waals surface area contributed by atoms with Gasteiger partial charge in [-0.3, -0.25) is 9.59 Å². The molecule has 1 N–H and O–H groups in total. The van der Waals surface area contributed by atoms with E-state index in [1.807, 2.05) is 18.4 Å². The molecular formula is C22H17FN2O3S. The zero-order valence-corrected chi connectivity index (χ0v) is 16.3. The maximum Gasteiger partial charge on any atom is 0.282 e. The van der Waals surface area contributed by atoms with Crippen molar-refractivity contribution < 1.29 is 18.7 Å².